The lowest BCUT2D eigenvalue weighted by Crippen LogP contribution is -2.34. The highest BCUT2D eigenvalue weighted by Crippen LogP contribution is 2.32. The van der Waals surface area contributed by atoms with Crippen molar-refractivity contribution in [3.63, 3.8) is 0 Å². The largest absolute Gasteiger partial charge is 0.550 e. The van der Waals surface area contributed by atoms with Crippen LogP contribution in [0.2, 0.25) is 0 Å². The Bertz CT molecular complexity index is 237. The van der Waals surface area contributed by atoms with Crippen molar-refractivity contribution in [1.82, 2.24) is 0 Å². The molecule has 0 aromatic heterocycles. The average Bonchev–Trinajstić information content (AvgIpc) is 2.18. The number of aliphatic carboxylic acids is 1. The number of ether oxygens (including phenoxy) is 1. The molecule has 0 amide bonds. The van der Waals surface area contributed by atoms with Gasteiger partial charge in [0.2, 0.25) is 0 Å². The fourth-order valence-corrected chi connectivity index (χ4v) is 2.23. The lowest BCUT2D eigenvalue weighted by molar-refractivity contribution is -0.307. The second kappa shape index (κ2) is 5.73. The molecule has 2 atom stereocenters. The first-order chi connectivity index (χ1) is 7.15. The third-order valence-corrected chi connectivity index (χ3v) is 2.93. The molecule has 4 nitrogen and oxygen atoms in total. The second-order valence-electron chi connectivity index (χ2n) is 3.98. The number of carboxylic acids is 1. The van der Waals surface area contributed by atoms with Gasteiger partial charge < -0.3 is 14.6 Å². The van der Waals surface area contributed by atoms with Gasteiger partial charge >= 0.3 is 5.97 Å². The zero-order chi connectivity index (χ0) is 11.3. The maximum Gasteiger partial charge on any atom is 0.309 e. The summed E-state index contributed by atoms with van der Waals surface area (Å²) in [7, 11) is 0. The molecule has 0 bridgehead atoms. The lowest BCUT2D eigenvalue weighted by atomic mass is 9.77. The number of hydrogen-bond donors (Lipinski definition) is 0. The number of hydrogen-bond acceptors (Lipinski definition) is 4. The second-order valence-corrected chi connectivity index (χ2v) is 3.98. The zero-order valence-corrected chi connectivity index (χ0v) is 9.03. The van der Waals surface area contributed by atoms with Crippen LogP contribution in [0.3, 0.4) is 0 Å². The summed E-state index contributed by atoms with van der Waals surface area (Å²) in [5.41, 5.74) is 0. The molecule has 2 unspecified atom stereocenters. The maximum absolute atomic E-state index is 11.6. The first-order valence-corrected chi connectivity index (χ1v) is 5.51. The van der Waals surface area contributed by atoms with Crippen molar-refractivity contribution in [2.75, 3.05) is 6.61 Å². The van der Waals surface area contributed by atoms with Crippen LogP contribution in [-0.2, 0) is 14.3 Å². The predicted molar refractivity (Wildman–Crippen MR) is 51.7 cm³/mol. The summed E-state index contributed by atoms with van der Waals surface area (Å²) in [5, 5.41) is 10.5. The standard InChI is InChI=1S/C11H18O4/c1-2-15-11(14)9-6-4-3-5-8(9)7-10(12)13/h8-9H,2-7H2,1H3,(H,12,13)/p-1. The van der Waals surface area contributed by atoms with Crippen molar-refractivity contribution in [2.45, 2.75) is 39.0 Å². The van der Waals surface area contributed by atoms with Crippen LogP contribution in [-0.4, -0.2) is 18.5 Å². The molecule has 1 fully saturated rings. The maximum atomic E-state index is 11.6. The summed E-state index contributed by atoms with van der Waals surface area (Å²) < 4.78 is 4.94. The van der Waals surface area contributed by atoms with Gasteiger partial charge in [-0.1, -0.05) is 12.8 Å². The molecule has 1 rings (SSSR count). The number of esters is 1. The van der Waals surface area contributed by atoms with Crippen molar-refractivity contribution < 1.29 is 19.4 Å². The Morgan fingerprint density at radius 3 is 2.60 bits per heavy atom. The highest BCUT2D eigenvalue weighted by Gasteiger charge is 2.31. The number of carboxylic acid groups (broad SMARTS) is 1. The van der Waals surface area contributed by atoms with Gasteiger partial charge in [0.05, 0.1) is 12.5 Å². The SMILES string of the molecule is CCOC(=O)C1CCCCC1CC(=O)[O-]. The van der Waals surface area contributed by atoms with Crippen molar-refractivity contribution >= 4 is 11.9 Å². The van der Waals surface area contributed by atoms with Crippen LogP contribution in [0.5, 0.6) is 0 Å². The van der Waals surface area contributed by atoms with Crippen molar-refractivity contribution in [1.29, 1.82) is 0 Å². The third-order valence-electron chi connectivity index (χ3n) is 2.93. The Balaban J connectivity index is 2.56. The van der Waals surface area contributed by atoms with E-state index in [9.17, 15) is 14.7 Å². The molecular formula is C11H17O4-. The molecule has 1 saturated carbocycles. The Kier molecular flexibility index (Phi) is 4.59. The van der Waals surface area contributed by atoms with E-state index in [1.807, 2.05) is 0 Å². The van der Waals surface area contributed by atoms with Crippen LogP contribution in [0.4, 0.5) is 0 Å². The molecule has 0 radical (unpaired) electrons. The summed E-state index contributed by atoms with van der Waals surface area (Å²) in [4.78, 5) is 22.1. The highest BCUT2D eigenvalue weighted by molar-refractivity contribution is 5.74. The van der Waals surface area contributed by atoms with E-state index < -0.39 is 5.97 Å². The molecule has 4 heteroatoms. The van der Waals surface area contributed by atoms with Crippen LogP contribution < -0.4 is 5.11 Å². The first-order valence-electron chi connectivity index (χ1n) is 5.51. The van der Waals surface area contributed by atoms with Gasteiger partial charge in [0.1, 0.15) is 0 Å². The van der Waals surface area contributed by atoms with Crippen LogP contribution in [0.25, 0.3) is 0 Å². The van der Waals surface area contributed by atoms with Gasteiger partial charge in [-0.3, -0.25) is 4.79 Å². The van der Waals surface area contributed by atoms with E-state index >= 15 is 0 Å². The van der Waals surface area contributed by atoms with Crippen molar-refractivity contribution in [3.05, 3.63) is 0 Å². The Hall–Kier alpha value is -1.06. The normalized spacial score (nSPS) is 25.9. The van der Waals surface area contributed by atoms with Gasteiger partial charge in [-0.2, -0.15) is 0 Å². The Morgan fingerprint density at radius 2 is 2.00 bits per heavy atom. The quantitative estimate of drug-likeness (QED) is 0.638. The van der Waals surface area contributed by atoms with Gasteiger partial charge in [0, 0.05) is 5.97 Å². The monoisotopic (exact) mass is 213 g/mol. The third kappa shape index (κ3) is 3.53. The molecule has 0 N–H and O–H groups in total. The molecule has 0 aromatic rings. The van der Waals surface area contributed by atoms with Crippen LogP contribution in [0.1, 0.15) is 39.0 Å². The van der Waals surface area contributed by atoms with Gasteiger partial charge in [-0.15, -0.1) is 0 Å². The summed E-state index contributed by atoms with van der Waals surface area (Å²) in [6.45, 7) is 2.11. The zero-order valence-electron chi connectivity index (χ0n) is 9.03. The topological polar surface area (TPSA) is 66.4 Å². The summed E-state index contributed by atoms with van der Waals surface area (Å²) in [5.74, 6) is -1.65. The molecule has 15 heavy (non-hydrogen) atoms. The van der Waals surface area contributed by atoms with Gasteiger partial charge in [-0.05, 0) is 32.1 Å². The van der Waals surface area contributed by atoms with Crippen molar-refractivity contribution in [3.8, 4) is 0 Å². The van der Waals surface area contributed by atoms with Crippen LogP contribution in [0, 0.1) is 11.8 Å². The van der Waals surface area contributed by atoms with E-state index in [1.165, 1.54) is 0 Å². The predicted octanol–water partition coefficient (Wildman–Crippen LogP) is 0.496. The smallest absolute Gasteiger partial charge is 0.309 e. The van der Waals surface area contributed by atoms with E-state index in [2.05, 4.69) is 0 Å². The molecule has 1 aliphatic carbocycles. The van der Waals surface area contributed by atoms with Crippen LogP contribution >= 0.6 is 0 Å². The summed E-state index contributed by atoms with van der Waals surface area (Å²) in [6.07, 6.45) is 3.48. The van der Waals surface area contributed by atoms with Crippen molar-refractivity contribution in [2.24, 2.45) is 11.8 Å². The fourth-order valence-electron chi connectivity index (χ4n) is 2.23. The van der Waals surface area contributed by atoms with E-state index in [1.54, 1.807) is 6.92 Å². The fraction of sp³-hybridized carbons (Fsp3) is 0.818. The first kappa shape index (κ1) is 12.0. The lowest BCUT2D eigenvalue weighted by Gasteiger charge is -2.29. The Labute approximate surface area is 89.6 Å². The number of carbonyl (C=O) groups is 2. The van der Waals surface area contributed by atoms with Crippen LogP contribution in [0.15, 0.2) is 0 Å². The molecule has 0 saturated heterocycles. The van der Waals surface area contributed by atoms with E-state index in [0.717, 1.165) is 25.7 Å². The number of rotatable bonds is 4. The minimum absolute atomic E-state index is 0.0243. The molecule has 0 heterocycles. The minimum Gasteiger partial charge on any atom is -0.550 e. The van der Waals surface area contributed by atoms with E-state index in [-0.39, 0.29) is 24.2 Å². The average molecular weight is 213 g/mol. The van der Waals surface area contributed by atoms with Gasteiger partial charge in [0.25, 0.3) is 0 Å². The summed E-state index contributed by atoms with van der Waals surface area (Å²) in [6, 6.07) is 0. The minimum atomic E-state index is -1.07. The molecule has 0 aromatic carbocycles. The summed E-state index contributed by atoms with van der Waals surface area (Å²) >= 11 is 0. The van der Waals surface area contributed by atoms with E-state index in [0.29, 0.717) is 6.61 Å². The van der Waals surface area contributed by atoms with E-state index in [4.69, 9.17) is 4.74 Å². The molecule has 86 valence electrons. The Morgan fingerprint density at radius 1 is 1.33 bits per heavy atom. The highest BCUT2D eigenvalue weighted by atomic mass is 16.5. The van der Waals surface area contributed by atoms with Gasteiger partial charge in [-0.25, -0.2) is 0 Å². The molecule has 0 aliphatic heterocycles. The van der Waals surface area contributed by atoms with Gasteiger partial charge in [0.15, 0.2) is 0 Å². The molecule has 1 aliphatic rings. The molecular weight excluding hydrogens is 196 g/mol. The molecule has 0 spiro atoms. The number of carbonyl (C=O) groups excluding carboxylic acids is 2.